The summed E-state index contributed by atoms with van der Waals surface area (Å²) >= 11 is 0. The van der Waals surface area contributed by atoms with Crippen LogP contribution in [-0.2, 0) is 11.3 Å². The Hall–Kier alpha value is -3.15. The van der Waals surface area contributed by atoms with E-state index < -0.39 is 5.97 Å². The molecule has 0 bridgehead atoms. The molecule has 3 aromatic rings. The van der Waals surface area contributed by atoms with Crippen molar-refractivity contribution in [3.8, 4) is 17.1 Å². The van der Waals surface area contributed by atoms with Gasteiger partial charge in [0.2, 0.25) is 5.82 Å². The molecule has 0 spiro atoms. The summed E-state index contributed by atoms with van der Waals surface area (Å²) in [7, 11) is 0. The lowest BCUT2D eigenvalue weighted by Gasteiger charge is -2.04. The molecule has 0 aliphatic heterocycles. The molecule has 0 fully saturated rings. The molecule has 2 aromatic carbocycles. The monoisotopic (exact) mass is 324 g/mol. The van der Waals surface area contributed by atoms with E-state index in [2.05, 4.69) is 10.1 Å². The first-order valence-electron chi connectivity index (χ1n) is 7.54. The number of hydrogen-bond donors (Lipinski definition) is 0. The normalized spacial score (nSPS) is 10.4. The van der Waals surface area contributed by atoms with Crippen molar-refractivity contribution in [3.05, 3.63) is 66.1 Å². The fourth-order valence-electron chi connectivity index (χ4n) is 2.08. The van der Waals surface area contributed by atoms with Crippen LogP contribution in [0, 0.1) is 0 Å². The first-order valence-corrected chi connectivity index (χ1v) is 7.54. The van der Waals surface area contributed by atoms with Gasteiger partial charge in [-0.1, -0.05) is 35.5 Å². The van der Waals surface area contributed by atoms with Gasteiger partial charge in [0.25, 0.3) is 5.89 Å². The number of aromatic nitrogens is 2. The van der Waals surface area contributed by atoms with Crippen LogP contribution in [0.4, 0.5) is 0 Å². The maximum atomic E-state index is 12.0. The predicted molar refractivity (Wildman–Crippen MR) is 86.5 cm³/mol. The molecule has 0 aliphatic rings. The Morgan fingerprint density at radius 1 is 1.08 bits per heavy atom. The number of carbonyl (C=O) groups excluding carboxylic acids is 1. The van der Waals surface area contributed by atoms with E-state index in [1.54, 1.807) is 24.3 Å². The molecule has 0 radical (unpaired) electrons. The first kappa shape index (κ1) is 15.7. The second kappa shape index (κ2) is 7.41. The summed E-state index contributed by atoms with van der Waals surface area (Å²) in [6, 6.07) is 16.2. The van der Waals surface area contributed by atoms with Crippen LogP contribution >= 0.6 is 0 Å². The van der Waals surface area contributed by atoms with Crippen molar-refractivity contribution in [1.82, 2.24) is 10.1 Å². The van der Waals surface area contributed by atoms with Crippen LogP contribution < -0.4 is 4.74 Å². The summed E-state index contributed by atoms with van der Waals surface area (Å²) in [5, 5.41) is 3.88. The Morgan fingerprint density at radius 2 is 1.83 bits per heavy atom. The predicted octanol–water partition coefficient (Wildman–Crippen LogP) is 3.49. The van der Waals surface area contributed by atoms with Gasteiger partial charge in [0.1, 0.15) is 5.75 Å². The second-order valence-corrected chi connectivity index (χ2v) is 4.91. The third-order valence-electron chi connectivity index (χ3n) is 3.23. The van der Waals surface area contributed by atoms with Crippen molar-refractivity contribution in [1.29, 1.82) is 0 Å². The second-order valence-electron chi connectivity index (χ2n) is 4.91. The molecule has 122 valence electrons. The average Bonchev–Trinajstić information content (AvgIpc) is 3.10. The van der Waals surface area contributed by atoms with E-state index in [-0.39, 0.29) is 12.5 Å². The van der Waals surface area contributed by atoms with Gasteiger partial charge >= 0.3 is 5.97 Å². The van der Waals surface area contributed by atoms with Crippen LogP contribution in [0.5, 0.6) is 5.75 Å². The molecule has 0 saturated carbocycles. The lowest BCUT2D eigenvalue weighted by atomic mass is 10.2. The topological polar surface area (TPSA) is 74.5 Å². The van der Waals surface area contributed by atoms with E-state index >= 15 is 0 Å². The lowest BCUT2D eigenvalue weighted by Crippen LogP contribution is -2.05. The molecule has 0 unspecified atom stereocenters. The van der Waals surface area contributed by atoms with E-state index in [1.807, 2.05) is 37.3 Å². The summed E-state index contributed by atoms with van der Waals surface area (Å²) in [6.45, 7) is 2.40. The largest absolute Gasteiger partial charge is 0.494 e. The fourth-order valence-corrected chi connectivity index (χ4v) is 2.08. The summed E-state index contributed by atoms with van der Waals surface area (Å²) < 4.78 is 15.6. The van der Waals surface area contributed by atoms with Crippen molar-refractivity contribution in [2.24, 2.45) is 0 Å². The van der Waals surface area contributed by atoms with Gasteiger partial charge in [-0.2, -0.15) is 4.98 Å². The van der Waals surface area contributed by atoms with E-state index in [4.69, 9.17) is 14.0 Å². The Morgan fingerprint density at radius 3 is 2.54 bits per heavy atom. The zero-order valence-corrected chi connectivity index (χ0v) is 13.1. The van der Waals surface area contributed by atoms with Crippen molar-refractivity contribution in [2.45, 2.75) is 13.5 Å². The Kier molecular flexibility index (Phi) is 4.86. The number of nitrogens with zero attached hydrogens (tertiary/aromatic N) is 2. The van der Waals surface area contributed by atoms with Crippen LogP contribution in [0.25, 0.3) is 11.4 Å². The van der Waals surface area contributed by atoms with Crippen molar-refractivity contribution in [2.75, 3.05) is 6.61 Å². The van der Waals surface area contributed by atoms with Gasteiger partial charge in [0, 0.05) is 5.56 Å². The molecular formula is C18H16N2O4. The minimum Gasteiger partial charge on any atom is -0.494 e. The molecule has 6 nitrogen and oxygen atoms in total. The van der Waals surface area contributed by atoms with Gasteiger partial charge in [0.05, 0.1) is 12.2 Å². The van der Waals surface area contributed by atoms with E-state index in [1.165, 1.54) is 0 Å². The SMILES string of the molecule is CCOc1ccc(C(=O)OCc2nc(-c3ccccc3)no2)cc1. The van der Waals surface area contributed by atoms with Crippen LogP contribution in [0.3, 0.4) is 0 Å². The van der Waals surface area contributed by atoms with Crippen LogP contribution in [-0.4, -0.2) is 22.7 Å². The molecule has 0 aliphatic carbocycles. The standard InChI is InChI=1S/C18H16N2O4/c1-2-22-15-10-8-14(9-11-15)18(21)23-12-16-19-17(20-24-16)13-6-4-3-5-7-13/h3-11H,2,12H2,1H3. The van der Waals surface area contributed by atoms with Crippen molar-refractivity contribution in [3.63, 3.8) is 0 Å². The number of carbonyl (C=O) groups is 1. The highest BCUT2D eigenvalue weighted by molar-refractivity contribution is 5.89. The Balaban J connectivity index is 1.59. The lowest BCUT2D eigenvalue weighted by molar-refractivity contribution is 0.0430. The van der Waals surface area contributed by atoms with Gasteiger partial charge in [-0.25, -0.2) is 4.79 Å². The van der Waals surface area contributed by atoms with Crippen LogP contribution in [0.2, 0.25) is 0 Å². The zero-order valence-electron chi connectivity index (χ0n) is 13.1. The summed E-state index contributed by atoms with van der Waals surface area (Å²) in [6.07, 6.45) is 0. The third-order valence-corrected chi connectivity index (χ3v) is 3.23. The fraction of sp³-hybridized carbons (Fsp3) is 0.167. The average molecular weight is 324 g/mol. The highest BCUT2D eigenvalue weighted by Crippen LogP contribution is 2.16. The molecule has 0 amide bonds. The third kappa shape index (κ3) is 3.78. The molecule has 6 heteroatoms. The smallest absolute Gasteiger partial charge is 0.338 e. The molecule has 0 N–H and O–H groups in total. The maximum Gasteiger partial charge on any atom is 0.338 e. The zero-order chi connectivity index (χ0) is 16.8. The minimum absolute atomic E-state index is 0.0775. The molecule has 0 saturated heterocycles. The number of ether oxygens (including phenoxy) is 2. The molecular weight excluding hydrogens is 308 g/mol. The summed E-state index contributed by atoms with van der Waals surface area (Å²) in [5.74, 6) is 0.951. The number of esters is 1. The summed E-state index contributed by atoms with van der Waals surface area (Å²) in [4.78, 5) is 16.2. The van der Waals surface area contributed by atoms with Gasteiger partial charge in [-0.15, -0.1) is 0 Å². The Bertz CT molecular complexity index is 797. The Labute approximate surface area is 139 Å². The van der Waals surface area contributed by atoms with Crippen molar-refractivity contribution < 1.29 is 18.8 Å². The van der Waals surface area contributed by atoms with Gasteiger partial charge < -0.3 is 14.0 Å². The molecule has 0 atom stereocenters. The van der Waals surface area contributed by atoms with E-state index in [0.29, 0.717) is 23.7 Å². The van der Waals surface area contributed by atoms with Crippen LogP contribution in [0.15, 0.2) is 59.1 Å². The highest BCUT2D eigenvalue weighted by atomic mass is 16.6. The quantitative estimate of drug-likeness (QED) is 0.646. The van der Waals surface area contributed by atoms with Crippen molar-refractivity contribution >= 4 is 5.97 Å². The highest BCUT2D eigenvalue weighted by Gasteiger charge is 2.12. The molecule has 3 rings (SSSR count). The van der Waals surface area contributed by atoms with Gasteiger partial charge in [0.15, 0.2) is 6.61 Å². The van der Waals surface area contributed by atoms with Crippen LogP contribution in [0.1, 0.15) is 23.2 Å². The van der Waals surface area contributed by atoms with E-state index in [9.17, 15) is 4.79 Å². The number of hydrogen-bond acceptors (Lipinski definition) is 6. The molecule has 1 aromatic heterocycles. The van der Waals surface area contributed by atoms with Gasteiger partial charge in [-0.3, -0.25) is 0 Å². The first-order chi connectivity index (χ1) is 11.8. The number of rotatable bonds is 6. The van der Waals surface area contributed by atoms with E-state index in [0.717, 1.165) is 5.56 Å². The minimum atomic E-state index is -0.461. The maximum absolute atomic E-state index is 12.0. The molecule has 24 heavy (non-hydrogen) atoms. The summed E-state index contributed by atoms with van der Waals surface area (Å²) in [5.41, 5.74) is 1.27. The van der Waals surface area contributed by atoms with Gasteiger partial charge in [-0.05, 0) is 31.2 Å². The molecule has 1 heterocycles. The number of benzene rings is 2.